The van der Waals surface area contributed by atoms with Crippen molar-refractivity contribution >= 4 is 22.7 Å². The lowest BCUT2D eigenvalue weighted by atomic mass is 10.0. The van der Waals surface area contributed by atoms with E-state index >= 15 is 0 Å². The number of nitrogens with zero attached hydrogens (tertiary/aromatic N) is 7. The van der Waals surface area contributed by atoms with Crippen molar-refractivity contribution in [2.45, 2.75) is 56.1 Å². The van der Waals surface area contributed by atoms with E-state index < -0.39 is 6.23 Å². The molecule has 0 aliphatic carbocycles. The first-order chi connectivity index (χ1) is 32.7. The normalized spacial score (nSPS) is 18.9. The highest BCUT2D eigenvalue weighted by molar-refractivity contribution is 5.92. The van der Waals surface area contributed by atoms with Gasteiger partial charge in [0, 0.05) is 40.7 Å². The highest BCUT2D eigenvalue weighted by atomic mass is 16.5. The molecule has 2 N–H and O–H groups in total. The van der Waals surface area contributed by atoms with Crippen LogP contribution in [-0.4, -0.2) is 97.2 Å². The second-order valence-corrected chi connectivity index (χ2v) is 18.6. The minimum absolute atomic E-state index is 0.0873. The zero-order chi connectivity index (χ0) is 45.8. The molecule has 12 nitrogen and oxygen atoms in total. The molecule has 5 atom stereocenters. The summed E-state index contributed by atoms with van der Waals surface area (Å²) in [4.78, 5) is 53.3. The topological polar surface area (TPSA) is 119 Å². The molecule has 0 spiro atoms. The second-order valence-electron chi connectivity index (χ2n) is 18.6. The molecule has 3 aliphatic heterocycles. The molecule has 0 radical (unpaired) electrons. The Bertz CT molecular complexity index is 3070. The van der Waals surface area contributed by atoms with Crippen molar-refractivity contribution in [3.05, 3.63) is 174 Å². The Morgan fingerprint density at radius 3 is 1.67 bits per heavy atom. The third kappa shape index (κ3) is 7.69. The molecule has 12 heteroatoms. The quantitative estimate of drug-likeness (QED) is 0.133. The van der Waals surface area contributed by atoms with E-state index in [4.69, 9.17) is 14.7 Å². The van der Waals surface area contributed by atoms with Gasteiger partial charge in [0.05, 0.1) is 47.1 Å². The number of hydrogen-bond acceptors (Lipinski definition) is 7. The predicted molar refractivity (Wildman–Crippen MR) is 261 cm³/mol. The van der Waals surface area contributed by atoms with E-state index in [9.17, 15) is 9.59 Å². The fourth-order valence-electron chi connectivity index (χ4n) is 10.7. The number of nitrogens with one attached hydrogen (secondary N) is 2. The first-order valence-electron chi connectivity index (χ1n) is 23.4. The summed E-state index contributed by atoms with van der Waals surface area (Å²) in [6.45, 7) is 1.39. The van der Waals surface area contributed by atoms with E-state index in [-0.39, 0.29) is 36.0 Å². The average Bonchev–Trinajstić information content (AvgIpc) is 4.21. The van der Waals surface area contributed by atoms with Crippen LogP contribution >= 0.6 is 0 Å². The van der Waals surface area contributed by atoms with Crippen molar-refractivity contribution in [2.24, 2.45) is 0 Å². The smallest absolute Gasteiger partial charge is 0.245 e. The molecule has 0 bridgehead atoms. The third-order valence-electron chi connectivity index (χ3n) is 13.9. The molecule has 0 unspecified atom stereocenters. The highest BCUT2D eigenvalue weighted by Crippen LogP contribution is 2.46. The van der Waals surface area contributed by atoms with Crippen molar-refractivity contribution in [3.8, 4) is 39.5 Å². The van der Waals surface area contributed by atoms with Gasteiger partial charge < -0.3 is 29.1 Å². The summed E-state index contributed by atoms with van der Waals surface area (Å²) in [6, 6.07) is 44.5. The van der Waals surface area contributed by atoms with Crippen LogP contribution in [0.3, 0.4) is 0 Å². The molecule has 338 valence electrons. The van der Waals surface area contributed by atoms with Crippen molar-refractivity contribution in [3.63, 3.8) is 0 Å². The highest BCUT2D eigenvalue weighted by Gasteiger charge is 2.39. The molecule has 3 aliphatic rings. The first-order valence-corrected chi connectivity index (χ1v) is 23.4. The van der Waals surface area contributed by atoms with Crippen LogP contribution in [0.2, 0.25) is 0 Å². The van der Waals surface area contributed by atoms with Crippen LogP contribution in [0.1, 0.15) is 84.4 Å². The number of H-pyrrole nitrogens is 2. The Balaban J connectivity index is 0.884. The Hall–Kier alpha value is -7.28. The lowest BCUT2D eigenvalue weighted by Gasteiger charge is -2.31. The molecular formula is C55H55N9O3. The molecule has 2 fully saturated rings. The van der Waals surface area contributed by atoms with Gasteiger partial charge in [0.2, 0.25) is 18.0 Å². The van der Waals surface area contributed by atoms with Gasteiger partial charge in [0.15, 0.2) is 0 Å². The number of ether oxygens (including phenoxy) is 1. The molecule has 2 saturated heterocycles. The van der Waals surface area contributed by atoms with E-state index in [0.29, 0.717) is 13.1 Å². The van der Waals surface area contributed by atoms with Gasteiger partial charge in [-0.1, -0.05) is 103 Å². The Labute approximate surface area is 390 Å². The van der Waals surface area contributed by atoms with Crippen molar-refractivity contribution in [1.29, 1.82) is 0 Å². The Morgan fingerprint density at radius 1 is 0.627 bits per heavy atom. The number of hydrogen-bond donors (Lipinski definition) is 2. The summed E-state index contributed by atoms with van der Waals surface area (Å²) < 4.78 is 9.30. The second kappa shape index (κ2) is 17.5. The fourth-order valence-corrected chi connectivity index (χ4v) is 10.7. The number of likely N-dealkylation sites (tertiary alicyclic amines) is 2. The number of carbonyl (C=O) groups is 2. The lowest BCUT2D eigenvalue weighted by molar-refractivity contribution is -0.138. The van der Waals surface area contributed by atoms with Crippen molar-refractivity contribution in [1.82, 2.24) is 44.1 Å². The monoisotopic (exact) mass is 889 g/mol. The number of aromatic nitrogens is 5. The molecule has 6 heterocycles. The van der Waals surface area contributed by atoms with Crippen LogP contribution in [-0.2, 0) is 9.59 Å². The molecule has 0 saturated carbocycles. The van der Waals surface area contributed by atoms with E-state index in [1.807, 2.05) is 127 Å². The summed E-state index contributed by atoms with van der Waals surface area (Å²) in [5.74, 6) is 2.57. The van der Waals surface area contributed by atoms with Crippen LogP contribution in [0.25, 0.3) is 44.7 Å². The van der Waals surface area contributed by atoms with Crippen molar-refractivity contribution in [2.75, 3.05) is 41.3 Å². The summed E-state index contributed by atoms with van der Waals surface area (Å²) in [7, 11) is 7.85. The molecule has 5 aromatic carbocycles. The minimum atomic E-state index is -0.404. The number of rotatable bonds is 11. The zero-order valence-electron chi connectivity index (χ0n) is 38.3. The number of aromatic amines is 2. The largest absolute Gasteiger partial charge is 0.465 e. The van der Waals surface area contributed by atoms with Gasteiger partial charge in [-0.15, -0.1) is 0 Å². The number of carbonyl (C=O) groups excluding carboxylic acids is 2. The van der Waals surface area contributed by atoms with Crippen LogP contribution in [0, 0.1) is 0 Å². The number of fused-ring (bicyclic) bond motifs is 5. The average molecular weight is 890 g/mol. The van der Waals surface area contributed by atoms with Crippen LogP contribution < -0.4 is 4.74 Å². The van der Waals surface area contributed by atoms with Crippen molar-refractivity contribution < 1.29 is 14.3 Å². The first kappa shape index (κ1) is 42.4. The summed E-state index contributed by atoms with van der Waals surface area (Å²) in [5.41, 5.74) is 9.89. The summed E-state index contributed by atoms with van der Waals surface area (Å²) in [5, 5.41) is 1.08. The standard InChI is InChI=1S/C55H55N9O3/c1-60(2)49(35-16-8-5-9-17-35)53(65)62-28-14-22-45(62)51-56-33-42(58-51)38-25-27-44-40(30-38)31-47-41-26-24-39(32-48(41)67-55(64(44)47)37-20-12-7-13-21-37)43-34-57-52(59-43)46-23-15-29-63(46)54(66)50(61(3)4)36-18-10-6-11-19-36/h5-13,16-21,24-27,30-34,45-46,49-50,55H,14-15,22-23,28-29H2,1-4H3,(H,56,58)(H,57,59)/t45-,46-,49+,50+,55-/m0/s1. The van der Waals surface area contributed by atoms with Crippen LogP contribution in [0.15, 0.2) is 146 Å². The molecule has 2 amide bonds. The van der Waals surface area contributed by atoms with Crippen LogP contribution in [0.4, 0.5) is 0 Å². The number of imidazole rings is 2. The van der Waals surface area contributed by atoms with Gasteiger partial charge in [0.25, 0.3) is 0 Å². The number of benzene rings is 5. The van der Waals surface area contributed by atoms with Gasteiger partial charge in [-0.25, -0.2) is 9.97 Å². The van der Waals surface area contributed by atoms with E-state index in [2.05, 4.69) is 81.3 Å². The predicted octanol–water partition coefficient (Wildman–Crippen LogP) is 9.96. The molecule has 67 heavy (non-hydrogen) atoms. The summed E-state index contributed by atoms with van der Waals surface area (Å²) >= 11 is 0. The zero-order valence-corrected chi connectivity index (χ0v) is 38.3. The maximum atomic E-state index is 14.2. The third-order valence-corrected chi connectivity index (χ3v) is 13.9. The van der Waals surface area contributed by atoms with Gasteiger partial charge in [-0.2, -0.15) is 0 Å². The summed E-state index contributed by atoms with van der Waals surface area (Å²) in [6.07, 6.45) is 6.92. The lowest BCUT2D eigenvalue weighted by Crippen LogP contribution is -2.40. The minimum Gasteiger partial charge on any atom is -0.465 e. The Morgan fingerprint density at radius 2 is 1.13 bits per heavy atom. The molecule has 3 aromatic heterocycles. The SMILES string of the molecule is CN(C)[C@@H](C(=O)N1CCC[C@H]1c1ncc(-c2ccc3c(c2)O[C@@H](c2ccccc2)n2c-3cc3cc(-c4cnc([C@@H]5CCCN5C(=O)[C@@H](c5ccccc5)N(C)C)[nH]4)ccc32)[nH]1)c1ccccc1. The van der Waals surface area contributed by atoms with Crippen LogP contribution in [0.5, 0.6) is 5.75 Å². The van der Waals surface area contributed by atoms with Gasteiger partial charge in [-0.05, 0) is 95.3 Å². The maximum absolute atomic E-state index is 14.2. The molecule has 11 rings (SSSR count). The van der Waals surface area contributed by atoms with E-state index in [1.165, 1.54) is 0 Å². The van der Waals surface area contributed by atoms with E-state index in [0.717, 1.165) is 104 Å². The Kier molecular flexibility index (Phi) is 11.1. The fraction of sp³-hybridized carbons (Fsp3) is 0.273. The number of amides is 2. The number of likely N-dealkylation sites (N-methyl/N-ethyl adjacent to an activating group) is 2. The molecular weight excluding hydrogens is 835 g/mol. The van der Waals surface area contributed by atoms with Gasteiger partial charge >= 0.3 is 0 Å². The maximum Gasteiger partial charge on any atom is 0.245 e. The van der Waals surface area contributed by atoms with E-state index in [1.54, 1.807) is 0 Å². The van der Waals surface area contributed by atoms with Gasteiger partial charge in [-0.3, -0.25) is 19.4 Å². The molecule has 8 aromatic rings. The van der Waals surface area contributed by atoms with Gasteiger partial charge in [0.1, 0.15) is 29.5 Å².